The van der Waals surface area contributed by atoms with Crippen LogP contribution in [0, 0.1) is 0 Å². The normalized spacial score (nSPS) is 11.0. The number of benzene rings is 2. The SMILES string of the molecule is c1cncc(COc2cc3nc(Nc4cccc(-c5cnco5)c4)ncc3cc2-c2nccs2)c1. The van der Waals surface area contributed by atoms with Gasteiger partial charge >= 0.3 is 0 Å². The number of oxazole rings is 1. The van der Waals surface area contributed by atoms with Crippen LogP contribution in [0.4, 0.5) is 11.6 Å². The van der Waals surface area contributed by atoms with E-state index in [1.54, 1.807) is 42.3 Å². The van der Waals surface area contributed by atoms with Gasteiger partial charge < -0.3 is 14.5 Å². The number of rotatable bonds is 7. The predicted molar refractivity (Wildman–Crippen MR) is 134 cm³/mol. The Labute approximate surface area is 204 Å². The molecule has 0 spiro atoms. The minimum Gasteiger partial charge on any atom is -0.488 e. The summed E-state index contributed by atoms with van der Waals surface area (Å²) in [6, 6.07) is 15.6. The number of aromatic nitrogens is 5. The molecule has 0 radical (unpaired) electrons. The first-order chi connectivity index (χ1) is 17.3. The Bertz CT molecular complexity index is 1570. The molecule has 6 rings (SSSR count). The van der Waals surface area contributed by atoms with Crippen molar-refractivity contribution in [1.29, 1.82) is 0 Å². The molecule has 0 amide bonds. The van der Waals surface area contributed by atoms with Crippen LogP contribution in [0.25, 0.3) is 32.8 Å². The van der Waals surface area contributed by atoms with Gasteiger partial charge in [-0.25, -0.2) is 19.9 Å². The van der Waals surface area contributed by atoms with Gasteiger partial charge in [0.1, 0.15) is 17.4 Å². The summed E-state index contributed by atoms with van der Waals surface area (Å²) < 4.78 is 11.6. The molecule has 0 fully saturated rings. The lowest BCUT2D eigenvalue weighted by atomic mass is 10.1. The lowest BCUT2D eigenvalue weighted by Crippen LogP contribution is -2.00. The third kappa shape index (κ3) is 4.57. The number of nitrogens with zero attached hydrogens (tertiary/aromatic N) is 5. The first kappa shape index (κ1) is 20.9. The average Bonchev–Trinajstić information content (AvgIpc) is 3.63. The largest absolute Gasteiger partial charge is 0.488 e. The fraction of sp³-hybridized carbons (Fsp3) is 0.0385. The minimum atomic E-state index is 0.391. The van der Waals surface area contributed by atoms with E-state index in [-0.39, 0.29) is 0 Å². The molecule has 0 aliphatic heterocycles. The number of hydrogen-bond donors (Lipinski definition) is 1. The summed E-state index contributed by atoms with van der Waals surface area (Å²) in [5, 5.41) is 6.99. The molecule has 0 saturated carbocycles. The average molecular weight is 479 g/mol. The number of anilines is 2. The molecule has 8 nitrogen and oxygen atoms in total. The van der Waals surface area contributed by atoms with Crippen molar-refractivity contribution in [2.75, 3.05) is 5.32 Å². The Morgan fingerprint density at radius 1 is 0.943 bits per heavy atom. The first-order valence-electron chi connectivity index (χ1n) is 10.8. The van der Waals surface area contributed by atoms with E-state index in [1.807, 2.05) is 53.9 Å². The number of ether oxygens (including phenoxy) is 1. The van der Waals surface area contributed by atoms with Crippen LogP contribution in [-0.4, -0.2) is 24.9 Å². The lowest BCUT2D eigenvalue weighted by Gasteiger charge is -2.12. The van der Waals surface area contributed by atoms with Crippen molar-refractivity contribution in [2.45, 2.75) is 6.61 Å². The Hall–Kier alpha value is -4.63. The zero-order valence-corrected chi connectivity index (χ0v) is 19.1. The van der Waals surface area contributed by atoms with Gasteiger partial charge in [-0.15, -0.1) is 11.3 Å². The van der Waals surface area contributed by atoms with Gasteiger partial charge in [0.15, 0.2) is 12.2 Å². The molecule has 0 aliphatic rings. The molecular formula is C26H18N6O2S. The maximum atomic E-state index is 6.20. The highest BCUT2D eigenvalue weighted by Gasteiger charge is 2.13. The molecule has 0 aliphatic carbocycles. The maximum Gasteiger partial charge on any atom is 0.227 e. The van der Waals surface area contributed by atoms with E-state index in [0.29, 0.717) is 24.1 Å². The van der Waals surface area contributed by atoms with Gasteiger partial charge in [-0.3, -0.25) is 4.98 Å². The van der Waals surface area contributed by atoms with Gasteiger partial charge in [0, 0.05) is 58.4 Å². The molecule has 4 heterocycles. The second-order valence-electron chi connectivity index (χ2n) is 7.66. The Kier molecular flexibility index (Phi) is 5.57. The van der Waals surface area contributed by atoms with Crippen LogP contribution in [0.3, 0.4) is 0 Å². The van der Waals surface area contributed by atoms with Gasteiger partial charge in [0.05, 0.1) is 17.3 Å². The van der Waals surface area contributed by atoms with Gasteiger partial charge in [0.2, 0.25) is 5.95 Å². The highest BCUT2D eigenvalue weighted by atomic mass is 32.1. The van der Waals surface area contributed by atoms with Gasteiger partial charge in [-0.2, -0.15) is 0 Å². The van der Waals surface area contributed by atoms with E-state index in [2.05, 4.69) is 25.3 Å². The van der Waals surface area contributed by atoms with Crippen LogP contribution in [0.15, 0.2) is 95.7 Å². The molecule has 2 aromatic carbocycles. The summed E-state index contributed by atoms with van der Waals surface area (Å²) in [7, 11) is 0. The maximum absolute atomic E-state index is 6.20. The van der Waals surface area contributed by atoms with E-state index in [9.17, 15) is 0 Å². The zero-order chi connectivity index (χ0) is 23.5. The predicted octanol–water partition coefficient (Wildman–Crippen LogP) is 6.13. The highest BCUT2D eigenvalue weighted by molar-refractivity contribution is 7.13. The fourth-order valence-corrected chi connectivity index (χ4v) is 4.30. The molecule has 4 aromatic heterocycles. The quantitative estimate of drug-likeness (QED) is 0.293. The molecular weight excluding hydrogens is 460 g/mol. The molecule has 0 saturated heterocycles. The molecule has 1 N–H and O–H groups in total. The van der Waals surface area contributed by atoms with E-state index in [1.165, 1.54) is 6.39 Å². The topological polar surface area (TPSA) is 98.9 Å². The summed E-state index contributed by atoms with van der Waals surface area (Å²) in [6.07, 6.45) is 10.2. The van der Waals surface area contributed by atoms with Gasteiger partial charge in [-0.05, 0) is 24.3 Å². The molecule has 0 bridgehead atoms. The monoisotopic (exact) mass is 478 g/mol. The van der Waals surface area contributed by atoms with Crippen molar-refractivity contribution in [3.05, 3.63) is 96.9 Å². The zero-order valence-electron chi connectivity index (χ0n) is 18.3. The second kappa shape index (κ2) is 9.32. The molecule has 6 aromatic rings. The first-order valence-corrected chi connectivity index (χ1v) is 11.7. The van der Waals surface area contributed by atoms with E-state index < -0.39 is 0 Å². The van der Waals surface area contributed by atoms with Crippen LogP contribution in [-0.2, 0) is 6.61 Å². The number of fused-ring (bicyclic) bond motifs is 1. The fourth-order valence-electron chi connectivity index (χ4n) is 3.65. The van der Waals surface area contributed by atoms with Crippen molar-refractivity contribution < 1.29 is 9.15 Å². The lowest BCUT2D eigenvalue weighted by molar-refractivity contribution is 0.307. The molecule has 0 unspecified atom stereocenters. The third-order valence-electron chi connectivity index (χ3n) is 5.30. The van der Waals surface area contributed by atoms with Crippen molar-refractivity contribution in [1.82, 2.24) is 24.9 Å². The van der Waals surface area contributed by atoms with Crippen LogP contribution in [0.2, 0.25) is 0 Å². The summed E-state index contributed by atoms with van der Waals surface area (Å²) in [4.78, 5) is 21.9. The van der Waals surface area contributed by atoms with E-state index in [4.69, 9.17) is 14.1 Å². The summed E-state index contributed by atoms with van der Waals surface area (Å²) in [6.45, 7) is 0.391. The number of thiazole rings is 1. The van der Waals surface area contributed by atoms with Crippen molar-refractivity contribution in [3.63, 3.8) is 0 Å². The van der Waals surface area contributed by atoms with Crippen LogP contribution >= 0.6 is 11.3 Å². The summed E-state index contributed by atoms with van der Waals surface area (Å²) in [5.41, 5.74) is 4.39. The van der Waals surface area contributed by atoms with E-state index >= 15 is 0 Å². The van der Waals surface area contributed by atoms with Crippen molar-refractivity contribution in [3.8, 4) is 27.6 Å². The molecule has 170 valence electrons. The van der Waals surface area contributed by atoms with Crippen LogP contribution in [0.1, 0.15) is 5.56 Å². The number of nitrogens with one attached hydrogen (secondary N) is 1. The molecule has 9 heteroatoms. The van der Waals surface area contributed by atoms with Crippen molar-refractivity contribution >= 4 is 33.9 Å². The summed E-state index contributed by atoms with van der Waals surface area (Å²) in [5.74, 6) is 1.87. The minimum absolute atomic E-state index is 0.391. The Balaban J connectivity index is 1.33. The summed E-state index contributed by atoms with van der Waals surface area (Å²) >= 11 is 1.56. The Morgan fingerprint density at radius 2 is 1.94 bits per heavy atom. The number of pyridine rings is 1. The molecule has 0 atom stereocenters. The Morgan fingerprint density at radius 3 is 2.77 bits per heavy atom. The third-order valence-corrected chi connectivity index (χ3v) is 6.10. The highest BCUT2D eigenvalue weighted by Crippen LogP contribution is 2.35. The van der Waals surface area contributed by atoms with Crippen molar-refractivity contribution in [2.24, 2.45) is 0 Å². The smallest absolute Gasteiger partial charge is 0.227 e. The standard InChI is InChI=1S/C26H18N6O2S/c1-4-18(24-14-28-16-34-24)9-20(5-1)31-26-30-13-19-10-21(25-29-7-8-35-25)23(11-22(19)32-26)33-15-17-3-2-6-27-12-17/h1-14,16H,15H2,(H,30,31,32). The van der Waals surface area contributed by atoms with Gasteiger partial charge in [0.25, 0.3) is 0 Å². The number of hydrogen-bond acceptors (Lipinski definition) is 9. The van der Waals surface area contributed by atoms with Crippen LogP contribution in [0.5, 0.6) is 5.75 Å². The molecule has 35 heavy (non-hydrogen) atoms. The second-order valence-corrected chi connectivity index (χ2v) is 8.55. The van der Waals surface area contributed by atoms with Crippen LogP contribution < -0.4 is 10.1 Å². The van der Waals surface area contributed by atoms with Gasteiger partial charge in [-0.1, -0.05) is 18.2 Å². The van der Waals surface area contributed by atoms with E-state index in [0.717, 1.165) is 38.3 Å².